The maximum absolute atomic E-state index is 5.45. The molecule has 0 radical (unpaired) electrons. The molecule has 1 aromatic rings. The van der Waals surface area contributed by atoms with Crippen molar-refractivity contribution in [2.24, 2.45) is 0 Å². The molecule has 1 unspecified atom stereocenters. The molecule has 0 aliphatic carbocycles. The quantitative estimate of drug-likeness (QED) is 0.847. The van der Waals surface area contributed by atoms with Gasteiger partial charge in [-0.2, -0.15) is 0 Å². The van der Waals surface area contributed by atoms with E-state index in [-0.39, 0.29) is 0 Å². The molecule has 4 heteroatoms. The van der Waals surface area contributed by atoms with Crippen LogP contribution in [0.15, 0.2) is 0 Å². The van der Waals surface area contributed by atoms with Crippen LogP contribution in [0.25, 0.3) is 0 Å². The number of thiazole rings is 1. The summed E-state index contributed by atoms with van der Waals surface area (Å²) in [6.45, 7) is 8.11. The van der Waals surface area contributed by atoms with E-state index >= 15 is 0 Å². The van der Waals surface area contributed by atoms with E-state index in [1.165, 1.54) is 22.0 Å². The Bertz CT molecular complexity index is 345. The molecule has 0 aromatic carbocycles. The number of aromatic nitrogens is 1. The van der Waals surface area contributed by atoms with Gasteiger partial charge in [0.1, 0.15) is 0 Å². The zero-order valence-corrected chi connectivity index (χ0v) is 11.6. The van der Waals surface area contributed by atoms with E-state index in [1.54, 1.807) is 0 Å². The monoisotopic (exact) mass is 254 g/mol. The highest BCUT2D eigenvalue weighted by molar-refractivity contribution is 7.11. The van der Waals surface area contributed by atoms with Gasteiger partial charge in [-0.3, -0.25) is 0 Å². The van der Waals surface area contributed by atoms with Crippen LogP contribution in [0.3, 0.4) is 0 Å². The highest BCUT2D eigenvalue weighted by Crippen LogP contribution is 2.31. The van der Waals surface area contributed by atoms with Gasteiger partial charge in [0.05, 0.1) is 17.3 Å². The fourth-order valence-electron chi connectivity index (χ4n) is 2.12. The molecule has 1 saturated heterocycles. The average Bonchev–Trinajstić information content (AvgIpc) is 2.95. The Hall–Kier alpha value is -0.450. The van der Waals surface area contributed by atoms with Crippen molar-refractivity contribution < 1.29 is 4.74 Å². The summed E-state index contributed by atoms with van der Waals surface area (Å²) < 4.78 is 5.45. The lowest BCUT2D eigenvalue weighted by Crippen LogP contribution is -2.11. The van der Waals surface area contributed by atoms with Crippen molar-refractivity contribution in [2.45, 2.75) is 45.6 Å². The van der Waals surface area contributed by atoms with Crippen molar-refractivity contribution in [2.75, 3.05) is 19.8 Å². The SMILES string of the molecule is CCCc1nc(C2CCOC2)sc1CNCC. The van der Waals surface area contributed by atoms with Crippen LogP contribution < -0.4 is 5.32 Å². The lowest BCUT2D eigenvalue weighted by molar-refractivity contribution is 0.194. The zero-order chi connectivity index (χ0) is 12.1. The number of nitrogens with one attached hydrogen (secondary N) is 1. The second kappa shape index (κ2) is 6.47. The van der Waals surface area contributed by atoms with Crippen LogP contribution in [0.4, 0.5) is 0 Å². The van der Waals surface area contributed by atoms with Gasteiger partial charge in [0.2, 0.25) is 0 Å². The Morgan fingerprint density at radius 1 is 1.47 bits per heavy atom. The van der Waals surface area contributed by atoms with Gasteiger partial charge in [0, 0.05) is 23.9 Å². The normalized spacial score (nSPS) is 20.0. The summed E-state index contributed by atoms with van der Waals surface area (Å²) in [5, 5.41) is 4.70. The first-order valence-corrected chi connectivity index (χ1v) is 7.43. The van der Waals surface area contributed by atoms with Crippen molar-refractivity contribution in [1.82, 2.24) is 10.3 Å². The zero-order valence-electron chi connectivity index (χ0n) is 10.8. The van der Waals surface area contributed by atoms with E-state index in [2.05, 4.69) is 19.2 Å². The first-order valence-electron chi connectivity index (χ1n) is 6.62. The molecular weight excluding hydrogens is 232 g/mol. The Morgan fingerprint density at radius 3 is 3.00 bits per heavy atom. The molecule has 1 N–H and O–H groups in total. The molecule has 1 fully saturated rings. The van der Waals surface area contributed by atoms with Crippen LogP contribution in [0.5, 0.6) is 0 Å². The van der Waals surface area contributed by atoms with E-state index in [0.717, 1.165) is 39.1 Å². The highest BCUT2D eigenvalue weighted by Gasteiger charge is 2.22. The lowest BCUT2D eigenvalue weighted by Gasteiger charge is -2.00. The van der Waals surface area contributed by atoms with E-state index in [9.17, 15) is 0 Å². The minimum absolute atomic E-state index is 0.547. The third-order valence-electron chi connectivity index (χ3n) is 3.10. The maximum atomic E-state index is 5.45. The molecule has 17 heavy (non-hydrogen) atoms. The smallest absolute Gasteiger partial charge is 0.0986 e. The summed E-state index contributed by atoms with van der Waals surface area (Å²) in [5.74, 6) is 0.547. The fraction of sp³-hybridized carbons (Fsp3) is 0.769. The molecule has 96 valence electrons. The number of rotatable bonds is 6. The Labute approximate surface area is 108 Å². The van der Waals surface area contributed by atoms with Crippen LogP contribution in [0.1, 0.15) is 48.2 Å². The summed E-state index contributed by atoms with van der Waals surface area (Å²) in [7, 11) is 0. The van der Waals surface area contributed by atoms with Gasteiger partial charge in [-0.05, 0) is 19.4 Å². The third kappa shape index (κ3) is 3.27. The molecule has 1 aliphatic rings. The minimum atomic E-state index is 0.547. The van der Waals surface area contributed by atoms with Crippen molar-refractivity contribution in [3.8, 4) is 0 Å². The van der Waals surface area contributed by atoms with Crippen LogP contribution in [-0.2, 0) is 17.7 Å². The maximum Gasteiger partial charge on any atom is 0.0986 e. The highest BCUT2D eigenvalue weighted by atomic mass is 32.1. The van der Waals surface area contributed by atoms with Gasteiger partial charge < -0.3 is 10.1 Å². The van der Waals surface area contributed by atoms with Crippen molar-refractivity contribution in [1.29, 1.82) is 0 Å². The predicted molar refractivity (Wildman–Crippen MR) is 71.7 cm³/mol. The van der Waals surface area contributed by atoms with E-state index < -0.39 is 0 Å². The Balaban J connectivity index is 2.11. The summed E-state index contributed by atoms with van der Waals surface area (Å²) in [4.78, 5) is 6.26. The van der Waals surface area contributed by atoms with Crippen LogP contribution in [0, 0.1) is 0 Å². The summed E-state index contributed by atoms with van der Waals surface area (Å²) in [5.41, 5.74) is 1.31. The average molecular weight is 254 g/mol. The molecule has 0 spiro atoms. The molecular formula is C13H22N2OS. The van der Waals surface area contributed by atoms with E-state index in [4.69, 9.17) is 9.72 Å². The van der Waals surface area contributed by atoms with Gasteiger partial charge in [-0.1, -0.05) is 20.3 Å². The van der Waals surface area contributed by atoms with Crippen molar-refractivity contribution in [3.63, 3.8) is 0 Å². The topological polar surface area (TPSA) is 34.1 Å². The third-order valence-corrected chi connectivity index (χ3v) is 4.36. The van der Waals surface area contributed by atoms with Gasteiger partial charge in [0.25, 0.3) is 0 Å². The van der Waals surface area contributed by atoms with Gasteiger partial charge in [0.15, 0.2) is 0 Å². The van der Waals surface area contributed by atoms with Crippen LogP contribution in [0.2, 0.25) is 0 Å². The lowest BCUT2D eigenvalue weighted by atomic mass is 10.1. The number of ether oxygens (including phenoxy) is 1. The molecule has 3 nitrogen and oxygen atoms in total. The fourth-order valence-corrected chi connectivity index (χ4v) is 3.32. The second-order valence-electron chi connectivity index (χ2n) is 4.51. The summed E-state index contributed by atoms with van der Waals surface area (Å²) >= 11 is 1.88. The van der Waals surface area contributed by atoms with E-state index in [1.807, 2.05) is 11.3 Å². The standard InChI is InChI=1S/C13H22N2OS/c1-3-5-11-12(8-14-4-2)17-13(15-11)10-6-7-16-9-10/h10,14H,3-9H2,1-2H3. The van der Waals surface area contributed by atoms with E-state index in [0.29, 0.717) is 5.92 Å². The molecule has 2 heterocycles. The molecule has 2 rings (SSSR count). The molecule has 0 saturated carbocycles. The number of aryl methyl sites for hydroxylation is 1. The first kappa shape index (κ1) is 13.0. The summed E-state index contributed by atoms with van der Waals surface area (Å²) in [6, 6.07) is 0. The molecule has 1 aliphatic heterocycles. The van der Waals surface area contributed by atoms with Gasteiger partial charge in [-0.25, -0.2) is 4.98 Å². The first-order chi connectivity index (χ1) is 8.35. The predicted octanol–water partition coefficient (Wildman–Crippen LogP) is 2.71. The largest absolute Gasteiger partial charge is 0.381 e. The Kier molecular flexibility index (Phi) is 4.95. The van der Waals surface area contributed by atoms with Crippen molar-refractivity contribution >= 4 is 11.3 Å². The number of hydrogen-bond donors (Lipinski definition) is 1. The summed E-state index contributed by atoms with van der Waals surface area (Å²) in [6.07, 6.45) is 3.41. The molecule has 1 aromatic heterocycles. The number of nitrogens with zero attached hydrogens (tertiary/aromatic N) is 1. The van der Waals surface area contributed by atoms with Crippen LogP contribution >= 0.6 is 11.3 Å². The minimum Gasteiger partial charge on any atom is -0.381 e. The second-order valence-corrected chi connectivity index (χ2v) is 5.63. The van der Waals surface area contributed by atoms with Crippen LogP contribution in [-0.4, -0.2) is 24.7 Å². The van der Waals surface area contributed by atoms with Crippen molar-refractivity contribution in [3.05, 3.63) is 15.6 Å². The molecule has 1 atom stereocenters. The molecule has 0 bridgehead atoms. The van der Waals surface area contributed by atoms with Gasteiger partial charge in [-0.15, -0.1) is 11.3 Å². The Morgan fingerprint density at radius 2 is 2.35 bits per heavy atom. The number of hydrogen-bond acceptors (Lipinski definition) is 4. The molecule has 0 amide bonds. The van der Waals surface area contributed by atoms with Gasteiger partial charge >= 0.3 is 0 Å².